The van der Waals surface area contributed by atoms with Gasteiger partial charge in [-0.05, 0) is 12.1 Å². The van der Waals surface area contributed by atoms with E-state index in [0.29, 0.717) is 0 Å². The number of nitro benzene ring substituents is 1. The fraction of sp³-hybridized carbons (Fsp3) is 0.0909. The quantitative estimate of drug-likeness (QED) is 0.370. The van der Waals surface area contributed by atoms with Gasteiger partial charge in [-0.15, -0.1) is 11.3 Å². The minimum absolute atomic E-state index is 0.0784. The van der Waals surface area contributed by atoms with Crippen molar-refractivity contribution in [3.63, 3.8) is 0 Å². The topological polar surface area (TPSA) is 91.6 Å². The van der Waals surface area contributed by atoms with Crippen LogP contribution in [0.5, 0.6) is 5.75 Å². The van der Waals surface area contributed by atoms with Crippen LogP contribution in [0.25, 0.3) is 0 Å². The highest BCUT2D eigenvalue weighted by Crippen LogP contribution is 2.18. The number of rotatable bonds is 4. The van der Waals surface area contributed by atoms with Gasteiger partial charge < -0.3 is 9.47 Å². The maximum absolute atomic E-state index is 11.3. The van der Waals surface area contributed by atoms with Crippen LogP contribution in [0.4, 0.5) is 10.5 Å². The molecule has 0 aliphatic heterocycles. The molecule has 0 amide bonds. The lowest BCUT2D eigenvalue weighted by molar-refractivity contribution is -0.384. The molecule has 0 atom stereocenters. The summed E-state index contributed by atoms with van der Waals surface area (Å²) >= 11 is 1.36. The van der Waals surface area contributed by atoms with Crippen molar-refractivity contribution in [2.45, 2.75) is 6.61 Å². The van der Waals surface area contributed by atoms with E-state index in [1.807, 2.05) is 0 Å². The van der Waals surface area contributed by atoms with Crippen molar-refractivity contribution >= 4 is 23.2 Å². The highest BCUT2D eigenvalue weighted by Gasteiger charge is 2.09. The van der Waals surface area contributed by atoms with E-state index in [1.54, 1.807) is 11.7 Å². The average molecular weight is 280 g/mol. The SMILES string of the molecule is O=C(OCc1cncs1)Oc1ccc([N+](=O)[O-])cc1. The number of carbonyl (C=O) groups excluding carboxylic acids is 1. The van der Waals surface area contributed by atoms with Crippen molar-refractivity contribution in [2.24, 2.45) is 0 Å². The number of carbonyl (C=O) groups is 1. The summed E-state index contributed by atoms with van der Waals surface area (Å²) in [5, 5.41) is 10.4. The maximum atomic E-state index is 11.3. The number of hydrogen-bond acceptors (Lipinski definition) is 7. The molecule has 0 N–H and O–H groups in total. The molecule has 0 aliphatic rings. The summed E-state index contributed by atoms with van der Waals surface area (Å²) in [7, 11) is 0. The molecule has 0 radical (unpaired) electrons. The fourth-order valence-electron chi connectivity index (χ4n) is 1.21. The zero-order valence-corrected chi connectivity index (χ0v) is 10.3. The first kappa shape index (κ1) is 13.0. The number of hydrogen-bond donors (Lipinski definition) is 0. The van der Waals surface area contributed by atoms with Gasteiger partial charge in [0.1, 0.15) is 12.4 Å². The molecule has 0 bridgehead atoms. The molecule has 0 saturated carbocycles. The first-order chi connectivity index (χ1) is 9.15. The number of nitrogens with zero attached hydrogens (tertiary/aromatic N) is 2. The predicted molar refractivity (Wildman–Crippen MR) is 66.0 cm³/mol. The van der Waals surface area contributed by atoms with E-state index < -0.39 is 11.1 Å². The predicted octanol–water partition coefficient (Wildman–Crippen LogP) is 2.77. The fourth-order valence-corrected chi connectivity index (χ4v) is 1.71. The molecule has 2 rings (SSSR count). The van der Waals surface area contributed by atoms with Crippen LogP contribution in [0, 0.1) is 10.1 Å². The third-order valence-electron chi connectivity index (χ3n) is 2.06. The van der Waals surface area contributed by atoms with Gasteiger partial charge in [-0.3, -0.25) is 15.1 Å². The molecule has 98 valence electrons. The van der Waals surface area contributed by atoms with E-state index in [4.69, 9.17) is 9.47 Å². The second kappa shape index (κ2) is 5.91. The Bertz CT molecular complexity index is 567. The van der Waals surface area contributed by atoms with Crippen molar-refractivity contribution in [3.05, 3.63) is 51.0 Å². The molecule has 0 fully saturated rings. The molecule has 7 nitrogen and oxygen atoms in total. The Kier molecular flexibility index (Phi) is 4.04. The molecule has 0 saturated heterocycles. The largest absolute Gasteiger partial charge is 0.514 e. The molecule has 8 heteroatoms. The van der Waals surface area contributed by atoms with Crippen LogP contribution in [-0.2, 0) is 11.3 Å². The van der Waals surface area contributed by atoms with Crippen molar-refractivity contribution in [3.8, 4) is 5.75 Å². The van der Waals surface area contributed by atoms with Gasteiger partial charge in [0.25, 0.3) is 5.69 Å². The summed E-state index contributed by atoms with van der Waals surface area (Å²) in [6.45, 7) is 0.0798. The Labute approximate surface area is 111 Å². The van der Waals surface area contributed by atoms with Gasteiger partial charge in [0.2, 0.25) is 0 Å². The van der Waals surface area contributed by atoms with E-state index in [2.05, 4.69) is 4.98 Å². The highest BCUT2D eigenvalue weighted by atomic mass is 32.1. The number of ether oxygens (including phenoxy) is 2. The minimum Gasteiger partial charge on any atom is -0.428 e. The minimum atomic E-state index is -0.873. The van der Waals surface area contributed by atoms with Crippen molar-refractivity contribution in [1.82, 2.24) is 4.98 Å². The first-order valence-corrected chi connectivity index (χ1v) is 5.99. The highest BCUT2D eigenvalue weighted by molar-refractivity contribution is 7.09. The lowest BCUT2D eigenvalue weighted by Crippen LogP contribution is -2.09. The number of nitro groups is 1. The summed E-state index contributed by atoms with van der Waals surface area (Å²) in [5.74, 6) is 0.180. The Morgan fingerprint density at radius 2 is 2.11 bits per heavy atom. The van der Waals surface area contributed by atoms with Crippen LogP contribution in [-0.4, -0.2) is 16.1 Å². The van der Waals surface area contributed by atoms with E-state index >= 15 is 0 Å². The van der Waals surface area contributed by atoms with Crippen molar-refractivity contribution in [2.75, 3.05) is 0 Å². The van der Waals surface area contributed by atoms with Gasteiger partial charge in [0.15, 0.2) is 0 Å². The summed E-state index contributed by atoms with van der Waals surface area (Å²) in [6.07, 6.45) is 0.714. The summed E-state index contributed by atoms with van der Waals surface area (Å²) in [5.41, 5.74) is 1.55. The van der Waals surface area contributed by atoms with Crippen LogP contribution in [0.2, 0.25) is 0 Å². The van der Waals surface area contributed by atoms with Gasteiger partial charge in [-0.25, -0.2) is 4.79 Å². The summed E-state index contributed by atoms with van der Waals surface area (Å²) in [6, 6.07) is 5.13. The van der Waals surface area contributed by atoms with E-state index in [-0.39, 0.29) is 18.0 Å². The maximum Gasteiger partial charge on any atom is 0.514 e. The third kappa shape index (κ3) is 3.75. The Balaban J connectivity index is 1.86. The lowest BCUT2D eigenvalue weighted by atomic mass is 10.3. The zero-order chi connectivity index (χ0) is 13.7. The molecular formula is C11H8N2O5S. The number of non-ortho nitro benzene ring substituents is 1. The third-order valence-corrected chi connectivity index (χ3v) is 2.82. The lowest BCUT2D eigenvalue weighted by Gasteiger charge is -2.04. The van der Waals surface area contributed by atoms with Crippen LogP contribution in [0.1, 0.15) is 4.88 Å². The van der Waals surface area contributed by atoms with E-state index in [1.165, 1.54) is 35.6 Å². The number of benzene rings is 1. The standard InChI is InChI=1S/C11H8N2O5S/c14-11(17-6-10-5-12-7-19-10)18-9-3-1-8(2-4-9)13(15)16/h1-5,7H,6H2. The second-order valence-electron chi connectivity index (χ2n) is 3.36. The van der Waals surface area contributed by atoms with Crippen LogP contribution in [0.3, 0.4) is 0 Å². The molecule has 1 heterocycles. The Morgan fingerprint density at radius 1 is 1.37 bits per heavy atom. The first-order valence-electron chi connectivity index (χ1n) is 5.11. The van der Waals surface area contributed by atoms with Crippen LogP contribution >= 0.6 is 11.3 Å². The zero-order valence-electron chi connectivity index (χ0n) is 9.52. The van der Waals surface area contributed by atoms with Gasteiger partial charge in [-0.1, -0.05) is 0 Å². The monoisotopic (exact) mass is 280 g/mol. The van der Waals surface area contributed by atoms with Crippen molar-refractivity contribution in [1.29, 1.82) is 0 Å². The Hall–Kier alpha value is -2.48. The number of aromatic nitrogens is 1. The average Bonchev–Trinajstić information content (AvgIpc) is 2.90. The van der Waals surface area contributed by atoms with Gasteiger partial charge in [-0.2, -0.15) is 0 Å². The normalized spacial score (nSPS) is 9.89. The van der Waals surface area contributed by atoms with Crippen LogP contribution < -0.4 is 4.74 Å². The molecule has 1 aromatic carbocycles. The van der Waals surface area contributed by atoms with Crippen molar-refractivity contribution < 1.29 is 19.2 Å². The van der Waals surface area contributed by atoms with Gasteiger partial charge >= 0.3 is 6.16 Å². The molecule has 0 unspecified atom stereocenters. The molecular weight excluding hydrogens is 272 g/mol. The summed E-state index contributed by atoms with van der Waals surface area (Å²) < 4.78 is 9.69. The number of thiazole rings is 1. The van der Waals surface area contributed by atoms with Crippen LogP contribution in [0.15, 0.2) is 36.0 Å². The second-order valence-corrected chi connectivity index (χ2v) is 4.33. The molecule has 0 aliphatic carbocycles. The molecule has 0 spiro atoms. The molecule has 2 aromatic rings. The van der Waals surface area contributed by atoms with Gasteiger partial charge in [0, 0.05) is 18.3 Å². The molecule has 19 heavy (non-hydrogen) atoms. The molecule has 1 aromatic heterocycles. The van der Waals surface area contributed by atoms with E-state index in [9.17, 15) is 14.9 Å². The Morgan fingerprint density at radius 3 is 2.68 bits per heavy atom. The summed E-state index contributed by atoms with van der Waals surface area (Å²) in [4.78, 5) is 25.9. The van der Waals surface area contributed by atoms with E-state index in [0.717, 1.165) is 4.88 Å². The smallest absolute Gasteiger partial charge is 0.428 e. The van der Waals surface area contributed by atoms with Gasteiger partial charge in [0.05, 0.1) is 15.3 Å².